The zero-order valence-corrected chi connectivity index (χ0v) is 15.8. The Morgan fingerprint density at radius 3 is 2.39 bits per heavy atom. The van der Waals surface area contributed by atoms with Gasteiger partial charge in [-0.05, 0) is 50.2 Å². The lowest BCUT2D eigenvalue weighted by atomic mass is 10.1. The molecule has 28 heavy (non-hydrogen) atoms. The van der Waals surface area contributed by atoms with Gasteiger partial charge in [0.2, 0.25) is 5.91 Å². The van der Waals surface area contributed by atoms with Gasteiger partial charge in [0.1, 0.15) is 5.71 Å². The molecule has 0 aromatic heterocycles. The molecule has 0 fully saturated rings. The first kappa shape index (κ1) is 19.3. The molecule has 144 valence electrons. The monoisotopic (exact) mass is 379 g/mol. The number of carbonyl (C=O) groups excluding carboxylic acids is 3. The molecular weight excluding hydrogens is 358 g/mol. The summed E-state index contributed by atoms with van der Waals surface area (Å²) < 4.78 is 4.93. The predicted octanol–water partition coefficient (Wildman–Crippen LogP) is 3.29. The Kier molecular flexibility index (Phi) is 5.84. The molecule has 3 rings (SSSR count). The van der Waals surface area contributed by atoms with Gasteiger partial charge in [-0.2, -0.15) is 5.10 Å². The highest BCUT2D eigenvalue weighted by molar-refractivity contribution is 6.44. The van der Waals surface area contributed by atoms with Crippen LogP contribution in [0.25, 0.3) is 0 Å². The minimum absolute atomic E-state index is 0.154. The van der Waals surface area contributed by atoms with E-state index in [0.29, 0.717) is 23.5 Å². The van der Waals surface area contributed by atoms with E-state index in [-0.39, 0.29) is 30.4 Å². The van der Waals surface area contributed by atoms with Gasteiger partial charge in [-0.1, -0.05) is 17.7 Å². The minimum Gasteiger partial charge on any atom is -0.462 e. The molecule has 2 aromatic rings. The molecule has 0 saturated carbocycles. The first-order chi connectivity index (χ1) is 13.5. The maximum absolute atomic E-state index is 12.6. The van der Waals surface area contributed by atoms with E-state index in [9.17, 15) is 14.4 Å². The number of aryl methyl sites for hydroxylation is 1. The van der Waals surface area contributed by atoms with Gasteiger partial charge < -0.3 is 10.1 Å². The lowest BCUT2D eigenvalue weighted by Crippen LogP contribution is -2.36. The average Bonchev–Trinajstić information content (AvgIpc) is 2.70. The van der Waals surface area contributed by atoms with E-state index in [0.717, 1.165) is 5.56 Å². The highest BCUT2D eigenvalue weighted by Crippen LogP contribution is 2.21. The van der Waals surface area contributed by atoms with Crippen molar-refractivity contribution in [1.82, 2.24) is 0 Å². The van der Waals surface area contributed by atoms with Crippen LogP contribution in [-0.4, -0.2) is 30.1 Å². The van der Waals surface area contributed by atoms with Gasteiger partial charge >= 0.3 is 5.97 Å². The SMILES string of the molecule is CCOC(=O)c1ccc(NC(=O)C2=NN(c3ccc(C)cc3)C(=O)CC2)cc1. The maximum Gasteiger partial charge on any atom is 0.338 e. The molecule has 1 aliphatic heterocycles. The van der Waals surface area contributed by atoms with Crippen molar-refractivity contribution in [2.75, 3.05) is 16.9 Å². The summed E-state index contributed by atoms with van der Waals surface area (Å²) >= 11 is 0. The summed E-state index contributed by atoms with van der Waals surface area (Å²) in [6, 6.07) is 13.8. The molecule has 1 aliphatic rings. The third-order valence-corrected chi connectivity index (χ3v) is 4.23. The number of nitrogens with zero attached hydrogens (tertiary/aromatic N) is 2. The molecule has 1 N–H and O–H groups in total. The second kappa shape index (κ2) is 8.47. The van der Waals surface area contributed by atoms with Gasteiger partial charge in [0.25, 0.3) is 5.91 Å². The molecule has 7 nitrogen and oxygen atoms in total. The Morgan fingerprint density at radius 1 is 1.07 bits per heavy atom. The molecule has 0 unspecified atom stereocenters. The van der Waals surface area contributed by atoms with E-state index >= 15 is 0 Å². The van der Waals surface area contributed by atoms with Gasteiger partial charge in [0.05, 0.1) is 17.9 Å². The number of anilines is 2. The summed E-state index contributed by atoms with van der Waals surface area (Å²) in [4.78, 5) is 36.4. The average molecular weight is 379 g/mol. The highest BCUT2D eigenvalue weighted by Gasteiger charge is 2.25. The summed E-state index contributed by atoms with van der Waals surface area (Å²) in [7, 11) is 0. The van der Waals surface area contributed by atoms with E-state index in [2.05, 4.69) is 10.4 Å². The van der Waals surface area contributed by atoms with Crippen molar-refractivity contribution in [3.63, 3.8) is 0 Å². The minimum atomic E-state index is -0.413. The second-order valence-corrected chi connectivity index (χ2v) is 6.34. The Hall–Kier alpha value is -3.48. The highest BCUT2D eigenvalue weighted by atomic mass is 16.5. The van der Waals surface area contributed by atoms with Crippen LogP contribution in [0.15, 0.2) is 53.6 Å². The number of carbonyl (C=O) groups is 3. The van der Waals surface area contributed by atoms with Gasteiger partial charge in [0.15, 0.2) is 0 Å². The van der Waals surface area contributed by atoms with Crippen LogP contribution in [0, 0.1) is 6.92 Å². The lowest BCUT2D eigenvalue weighted by Gasteiger charge is -2.23. The molecule has 2 amide bonds. The molecule has 2 aromatic carbocycles. The third kappa shape index (κ3) is 4.43. The first-order valence-corrected chi connectivity index (χ1v) is 9.03. The predicted molar refractivity (Wildman–Crippen MR) is 106 cm³/mol. The van der Waals surface area contributed by atoms with Crippen molar-refractivity contribution in [2.24, 2.45) is 5.10 Å². The Morgan fingerprint density at radius 2 is 1.75 bits per heavy atom. The molecule has 0 saturated heterocycles. The number of hydrazone groups is 1. The topological polar surface area (TPSA) is 88.1 Å². The van der Waals surface area contributed by atoms with Crippen LogP contribution < -0.4 is 10.3 Å². The molecule has 0 bridgehead atoms. The summed E-state index contributed by atoms with van der Waals surface area (Å²) in [5, 5.41) is 8.25. The smallest absolute Gasteiger partial charge is 0.338 e. The normalized spacial score (nSPS) is 13.7. The van der Waals surface area contributed by atoms with Crippen LogP contribution >= 0.6 is 0 Å². The van der Waals surface area contributed by atoms with E-state index in [1.807, 2.05) is 19.1 Å². The molecule has 0 radical (unpaired) electrons. The quantitative estimate of drug-likeness (QED) is 0.808. The lowest BCUT2D eigenvalue weighted by molar-refractivity contribution is -0.118. The third-order valence-electron chi connectivity index (χ3n) is 4.23. The van der Waals surface area contributed by atoms with Crippen LogP contribution in [0.4, 0.5) is 11.4 Å². The number of nitrogens with one attached hydrogen (secondary N) is 1. The standard InChI is InChI=1S/C21H21N3O4/c1-3-28-21(27)15-6-8-16(9-7-15)22-20(26)18-12-13-19(25)24(23-18)17-10-4-14(2)5-11-17/h4-11H,3,12-13H2,1-2H3,(H,22,26). The van der Waals surface area contributed by atoms with E-state index in [4.69, 9.17) is 4.74 Å². The fraction of sp³-hybridized carbons (Fsp3) is 0.238. The van der Waals surface area contributed by atoms with E-state index in [1.54, 1.807) is 43.3 Å². The van der Waals surface area contributed by atoms with Gasteiger partial charge in [-0.15, -0.1) is 0 Å². The van der Waals surface area contributed by atoms with Crippen LogP contribution in [0.3, 0.4) is 0 Å². The Balaban J connectivity index is 1.72. The van der Waals surface area contributed by atoms with E-state index < -0.39 is 5.97 Å². The number of ether oxygens (including phenoxy) is 1. The van der Waals surface area contributed by atoms with Crippen LogP contribution in [0.5, 0.6) is 0 Å². The van der Waals surface area contributed by atoms with Crippen LogP contribution in [-0.2, 0) is 14.3 Å². The maximum atomic E-state index is 12.6. The number of benzene rings is 2. The molecule has 1 heterocycles. The number of rotatable bonds is 5. The number of hydrogen-bond acceptors (Lipinski definition) is 5. The first-order valence-electron chi connectivity index (χ1n) is 9.03. The van der Waals surface area contributed by atoms with Crippen LogP contribution in [0.2, 0.25) is 0 Å². The number of esters is 1. The van der Waals surface area contributed by atoms with Gasteiger partial charge in [-0.25, -0.2) is 9.80 Å². The van der Waals surface area contributed by atoms with Crippen molar-refractivity contribution in [2.45, 2.75) is 26.7 Å². The second-order valence-electron chi connectivity index (χ2n) is 6.34. The van der Waals surface area contributed by atoms with Crippen molar-refractivity contribution in [3.8, 4) is 0 Å². The van der Waals surface area contributed by atoms with Crippen molar-refractivity contribution in [1.29, 1.82) is 0 Å². The zero-order valence-electron chi connectivity index (χ0n) is 15.8. The Labute approximate surface area is 163 Å². The van der Waals surface area contributed by atoms with Gasteiger partial charge in [0, 0.05) is 18.5 Å². The molecular formula is C21H21N3O4. The largest absolute Gasteiger partial charge is 0.462 e. The molecule has 0 aliphatic carbocycles. The summed E-state index contributed by atoms with van der Waals surface area (Å²) in [6.07, 6.45) is 0.482. The molecule has 7 heteroatoms. The van der Waals surface area contributed by atoms with E-state index in [1.165, 1.54) is 5.01 Å². The zero-order chi connectivity index (χ0) is 20.1. The molecule has 0 spiro atoms. The summed E-state index contributed by atoms with van der Waals surface area (Å²) in [6.45, 7) is 3.99. The summed E-state index contributed by atoms with van der Waals surface area (Å²) in [5.41, 5.74) is 2.90. The van der Waals surface area contributed by atoms with Crippen molar-refractivity contribution >= 4 is 34.9 Å². The van der Waals surface area contributed by atoms with Crippen molar-refractivity contribution in [3.05, 3.63) is 59.7 Å². The fourth-order valence-corrected chi connectivity index (χ4v) is 2.71. The van der Waals surface area contributed by atoms with Crippen LogP contribution in [0.1, 0.15) is 35.7 Å². The Bertz CT molecular complexity index is 918. The fourth-order valence-electron chi connectivity index (χ4n) is 2.71. The number of amides is 2. The van der Waals surface area contributed by atoms with Gasteiger partial charge in [-0.3, -0.25) is 9.59 Å². The van der Waals surface area contributed by atoms with Crippen molar-refractivity contribution < 1.29 is 19.1 Å². The number of hydrogen-bond donors (Lipinski definition) is 1. The summed E-state index contributed by atoms with van der Waals surface area (Å²) in [5.74, 6) is -0.947. The molecule has 0 atom stereocenters.